The zero-order chi connectivity index (χ0) is 23.8. The number of fused-ring (bicyclic) bond motifs is 1. The van der Waals surface area contributed by atoms with Crippen LogP contribution in [0.5, 0.6) is 5.75 Å². The van der Waals surface area contributed by atoms with Crippen LogP contribution in [0.3, 0.4) is 0 Å². The number of nitrogens with zero attached hydrogens (tertiary/aromatic N) is 2. The van der Waals surface area contributed by atoms with Gasteiger partial charge in [0.05, 0.1) is 33.3 Å². The van der Waals surface area contributed by atoms with Crippen LogP contribution in [0.2, 0.25) is 5.02 Å². The maximum absolute atomic E-state index is 13.3. The molecule has 0 fully saturated rings. The van der Waals surface area contributed by atoms with Gasteiger partial charge < -0.3 is 20.1 Å². The minimum absolute atomic E-state index is 0.220. The number of halogens is 2. The van der Waals surface area contributed by atoms with E-state index in [1.54, 1.807) is 31.4 Å². The lowest BCUT2D eigenvalue weighted by atomic mass is 10.2. The monoisotopic (exact) mass is 496 g/mol. The fourth-order valence-corrected chi connectivity index (χ4v) is 4.25. The van der Waals surface area contributed by atoms with Crippen LogP contribution >= 0.6 is 22.9 Å². The minimum Gasteiger partial charge on any atom is -0.487 e. The number of thiophene rings is 1. The number of methoxy groups -OCH3 is 1. The summed E-state index contributed by atoms with van der Waals surface area (Å²) < 4.78 is 25.0. The van der Waals surface area contributed by atoms with E-state index < -0.39 is 0 Å². The van der Waals surface area contributed by atoms with Crippen molar-refractivity contribution < 1.29 is 13.9 Å². The van der Waals surface area contributed by atoms with Gasteiger partial charge in [0, 0.05) is 19.3 Å². The van der Waals surface area contributed by atoms with Crippen molar-refractivity contribution in [3.8, 4) is 17.6 Å². The van der Waals surface area contributed by atoms with Crippen molar-refractivity contribution in [2.75, 3.05) is 32.1 Å². The van der Waals surface area contributed by atoms with Crippen LogP contribution in [-0.4, -0.2) is 36.8 Å². The molecule has 0 saturated heterocycles. The quantitative estimate of drug-likeness (QED) is 0.239. The molecule has 2 heterocycles. The standard InChI is InChI=1S/C25H22ClFN4O2S/c1-32-11-10-28-9-3-6-20-14-22-24(34-20)25(30-16-29-22)31-19-7-8-23(21(26)13-19)33-15-17-4-2-5-18(27)12-17/h2,4-5,7-8,12-14,16,28H,9-11,15H2,1H3,(H,29,30,31). The zero-order valence-electron chi connectivity index (χ0n) is 18.4. The molecule has 0 saturated carbocycles. The summed E-state index contributed by atoms with van der Waals surface area (Å²) in [6, 6.07) is 13.6. The molecule has 2 aromatic heterocycles. The highest BCUT2D eigenvalue weighted by atomic mass is 35.5. The first-order valence-electron chi connectivity index (χ1n) is 10.5. The smallest absolute Gasteiger partial charge is 0.151 e. The molecule has 0 aliphatic rings. The average Bonchev–Trinajstić information content (AvgIpc) is 3.25. The van der Waals surface area contributed by atoms with Crippen molar-refractivity contribution in [2.24, 2.45) is 0 Å². The molecule has 4 aromatic rings. The maximum atomic E-state index is 13.3. The molecule has 0 amide bonds. The van der Waals surface area contributed by atoms with Gasteiger partial charge in [-0.05, 0) is 42.0 Å². The highest BCUT2D eigenvalue weighted by Gasteiger charge is 2.10. The molecule has 0 aliphatic carbocycles. The van der Waals surface area contributed by atoms with Gasteiger partial charge in [0.1, 0.15) is 24.5 Å². The SMILES string of the molecule is COCCNCC#Cc1cc2ncnc(Nc3ccc(OCc4cccc(F)c4)c(Cl)c3)c2s1. The second-order valence-corrected chi connectivity index (χ2v) is 8.67. The van der Waals surface area contributed by atoms with Gasteiger partial charge in [-0.25, -0.2) is 14.4 Å². The molecule has 0 spiro atoms. The Kier molecular flexibility index (Phi) is 8.28. The average molecular weight is 497 g/mol. The van der Waals surface area contributed by atoms with Crippen molar-refractivity contribution >= 4 is 44.7 Å². The van der Waals surface area contributed by atoms with Gasteiger partial charge in [-0.3, -0.25) is 0 Å². The third-order valence-corrected chi connectivity index (χ3v) is 6.04. The van der Waals surface area contributed by atoms with E-state index in [-0.39, 0.29) is 12.4 Å². The molecule has 0 atom stereocenters. The Bertz CT molecular complexity index is 1340. The third-order valence-electron chi connectivity index (χ3n) is 4.70. The van der Waals surface area contributed by atoms with Crippen LogP contribution in [0, 0.1) is 17.7 Å². The molecule has 0 aliphatic heterocycles. The van der Waals surface area contributed by atoms with Crippen molar-refractivity contribution in [3.05, 3.63) is 76.1 Å². The molecular formula is C25H22ClFN4O2S. The number of hydrogen-bond donors (Lipinski definition) is 2. The normalized spacial score (nSPS) is 10.7. The predicted octanol–water partition coefficient (Wildman–Crippen LogP) is 5.39. The molecule has 6 nitrogen and oxygen atoms in total. The van der Waals surface area contributed by atoms with Crippen molar-refractivity contribution in [3.63, 3.8) is 0 Å². The van der Waals surface area contributed by atoms with Gasteiger partial charge in [0.2, 0.25) is 0 Å². The largest absolute Gasteiger partial charge is 0.487 e. The second-order valence-electron chi connectivity index (χ2n) is 7.21. The number of hydrogen-bond acceptors (Lipinski definition) is 7. The lowest BCUT2D eigenvalue weighted by Gasteiger charge is -2.11. The predicted molar refractivity (Wildman–Crippen MR) is 135 cm³/mol. The summed E-state index contributed by atoms with van der Waals surface area (Å²) in [5, 5.41) is 6.92. The molecule has 0 bridgehead atoms. The summed E-state index contributed by atoms with van der Waals surface area (Å²) in [5.74, 6) is 7.14. The molecule has 174 valence electrons. The molecule has 9 heteroatoms. The Morgan fingerprint density at radius 1 is 1.15 bits per heavy atom. The second kappa shape index (κ2) is 11.8. The van der Waals surface area contributed by atoms with Crippen LogP contribution in [0.15, 0.2) is 54.9 Å². The number of nitrogens with one attached hydrogen (secondary N) is 2. The van der Waals surface area contributed by atoms with Gasteiger partial charge in [-0.1, -0.05) is 35.6 Å². The van der Waals surface area contributed by atoms with E-state index in [2.05, 4.69) is 32.4 Å². The van der Waals surface area contributed by atoms with Crippen LogP contribution in [0.25, 0.3) is 10.2 Å². The Balaban J connectivity index is 1.43. The molecule has 0 radical (unpaired) electrons. The Labute approximate surface area is 206 Å². The minimum atomic E-state index is -0.302. The van der Waals surface area contributed by atoms with E-state index >= 15 is 0 Å². The number of aromatic nitrogens is 2. The van der Waals surface area contributed by atoms with E-state index in [1.807, 2.05) is 12.1 Å². The molecule has 34 heavy (non-hydrogen) atoms. The molecular weight excluding hydrogens is 475 g/mol. The summed E-state index contributed by atoms with van der Waals surface area (Å²) in [6.45, 7) is 2.21. The summed E-state index contributed by atoms with van der Waals surface area (Å²) in [5.41, 5.74) is 2.30. The first-order valence-corrected chi connectivity index (χ1v) is 11.7. The van der Waals surface area contributed by atoms with Crippen LogP contribution in [0.1, 0.15) is 10.4 Å². The van der Waals surface area contributed by atoms with E-state index in [9.17, 15) is 4.39 Å². The molecule has 4 rings (SSSR count). The highest BCUT2D eigenvalue weighted by molar-refractivity contribution is 7.20. The Morgan fingerprint density at radius 2 is 2.06 bits per heavy atom. The van der Waals surface area contributed by atoms with E-state index in [1.165, 1.54) is 29.8 Å². The van der Waals surface area contributed by atoms with E-state index in [0.717, 1.165) is 32.9 Å². The number of benzene rings is 2. The van der Waals surface area contributed by atoms with Gasteiger partial charge in [0.15, 0.2) is 5.82 Å². The Hall–Kier alpha value is -3.22. The lowest BCUT2D eigenvalue weighted by molar-refractivity contribution is 0.200. The van der Waals surface area contributed by atoms with Crippen molar-refractivity contribution in [1.82, 2.24) is 15.3 Å². The maximum Gasteiger partial charge on any atom is 0.151 e. The summed E-state index contributed by atoms with van der Waals surface area (Å²) in [7, 11) is 1.67. The fraction of sp³-hybridized carbons (Fsp3) is 0.200. The zero-order valence-corrected chi connectivity index (χ0v) is 20.0. The van der Waals surface area contributed by atoms with Gasteiger partial charge >= 0.3 is 0 Å². The van der Waals surface area contributed by atoms with Crippen molar-refractivity contribution in [1.29, 1.82) is 0 Å². The van der Waals surface area contributed by atoms with Gasteiger partial charge in [-0.15, -0.1) is 11.3 Å². The lowest BCUT2D eigenvalue weighted by Crippen LogP contribution is -2.19. The summed E-state index contributed by atoms with van der Waals surface area (Å²) >= 11 is 7.94. The van der Waals surface area contributed by atoms with Crippen LogP contribution < -0.4 is 15.4 Å². The molecule has 0 unspecified atom stereocenters. The van der Waals surface area contributed by atoms with Crippen molar-refractivity contribution in [2.45, 2.75) is 6.61 Å². The number of ether oxygens (including phenoxy) is 2. The summed E-state index contributed by atoms with van der Waals surface area (Å²) in [4.78, 5) is 9.64. The molecule has 2 aromatic carbocycles. The highest BCUT2D eigenvalue weighted by Crippen LogP contribution is 2.33. The summed E-state index contributed by atoms with van der Waals surface area (Å²) in [6.07, 6.45) is 1.51. The molecule has 2 N–H and O–H groups in total. The Morgan fingerprint density at radius 3 is 2.88 bits per heavy atom. The topological polar surface area (TPSA) is 68.3 Å². The van der Waals surface area contributed by atoms with E-state index in [0.29, 0.717) is 29.7 Å². The van der Waals surface area contributed by atoms with Crippen LogP contribution in [-0.2, 0) is 11.3 Å². The van der Waals surface area contributed by atoms with Gasteiger partial charge in [-0.2, -0.15) is 0 Å². The first kappa shape index (κ1) is 23.9. The third kappa shape index (κ3) is 6.43. The number of anilines is 2. The van der Waals surface area contributed by atoms with E-state index in [4.69, 9.17) is 21.1 Å². The number of rotatable bonds is 9. The first-order chi connectivity index (χ1) is 16.6. The fourth-order valence-electron chi connectivity index (χ4n) is 3.08. The van der Waals surface area contributed by atoms with Gasteiger partial charge in [0.25, 0.3) is 0 Å². The van der Waals surface area contributed by atoms with Crippen LogP contribution in [0.4, 0.5) is 15.9 Å².